The van der Waals surface area contributed by atoms with E-state index in [1.165, 1.54) is 37.8 Å². The number of methoxy groups -OCH3 is 1. The normalized spacial score (nSPS) is 13.5. The number of nitrogens with zero attached hydrogens (tertiary/aromatic N) is 4. The average molecular weight is 437 g/mol. The highest BCUT2D eigenvalue weighted by Gasteiger charge is 2.17. The third-order valence-electron chi connectivity index (χ3n) is 5.02. The van der Waals surface area contributed by atoms with E-state index in [1.54, 1.807) is 24.3 Å². The third kappa shape index (κ3) is 5.48. The minimum absolute atomic E-state index is 0.127. The fraction of sp³-hybridized carbons (Fsp3) is 0.304. The summed E-state index contributed by atoms with van der Waals surface area (Å²) < 4.78 is 24.0. The van der Waals surface area contributed by atoms with E-state index in [2.05, 4.69) is 25.2 Å². The highest BCUT2D eigenvalue weighted by molar-refractivity contribution is 5.94. The van der Waals surface area contributed by atoms with E-state index in [-0.39, 0.29) is 24.3 Å². The number of nitrogens with one attached hydrogen (secondary N) is 1. The van der Waals surface area contributed by atoms with Crippen molar-refractivity contribution in [2.75, 3.05) is 25.1 Å². The molecule has 0 bridgehead atoms. The van der Waals surface area contributed by atoms with Crippen LogP contribution in [0.4, 0.5) is 10.3 Å². The quantitative estimate of drug-likeness (QED) is 0.602. The Morgan fingerprint density at radius 1 is 1.03 bits per heavy atom. The molecule has 2 heterocycles. The van der Waals surface area contributed by atoms with Gasteiger partial charge in [0.1, 0.15) is 17.3 Å². The van der Waals surface area contributed by atoms with Gasteiger partial charge >= 0.3 is 6.01 Å². The number of halogens is 1. The predicted molar refractivity (Wildman–Crippen MR) is 117 cm³/mol. The van der Waals surface area contributed by atoms with Crippen molar-refractivity contribution in [1.29, 1.82) is 0 Å². The zero-order valence-corrected chi connectivity index (χ0v) is 17.8. The summed E-state index contributed by atoms with van der Waals surface area (Å²) in [5.74, 6) is 1.29. The minimum Gasteiger partial charge on any atom is -0.467 e. The molecule has 1 saturated heterocycles. The number of ether oxygens (including phenoxy) is 2. The average Bonchev–Trinajstić information content (AvgIpc) is 2.84. The van der Waals surface area contributed by atoms with Crippen LogP contribution in [0.3, 0.4) is 0 Å². The summed E-state index contributed by atoms with van der Waals surface area (Å²) in [6.07, 6.45) is 3.39. The fourth-order valence-corrected chi connectivity index (χ4v) is 3.39. The Balaban J connectivity index is 1.42. The topological polar surface area (TPSA) is 89.5 Å². The Kier molecular flexibility index (Phi) is 6.74. The lowest BCUT2D eigenvalue weighted by Crippen LogP contribution is -2.32. The second-order valence-electron chi connectivity index (χ2n) is 7.35. The maximum atomic E-state index is 13.1. The molecule has 9 heteroatoms. The van der Waals surface area contributed by atoms with E-state index < -0.39 is 0 Å². The molecular formula is C23H24FN5O3. The standard InChI is InChI=1S/C23H24FN5O3/c1-31-23-27-20(26-22(28-23)29-12-3-2-4-13-29)15-25-21(30)16-6-5-7-19(14-16)32-18-10-8-17(24)9-11-18/h5-11,14H,2-4,12-13,15H2,1H3,(H,25,30). The number of anilines is 1. The monoisotopic (exact) mass is 437 g/mol. The summed E-state index contributed by atoms with van der Waals surface area (Å²) in [5, 5.41) is 2.82. The zero-order chi connectivity index (χ0) is 22.3. The van der Waals surface area contributed by atoms with Crippen LogP contribution < -0.4 is 19.7 Å². The molecule has 1 aliphatic rings. The Hall–Kier alpha value is -3.75. The van der Waals surface area contributed by atoms with Gasteiger partial charge in [-0.2, -0.15) is 15.0 Å². The van der Waals surface area contributed by atoms with Crippen LogP contribution in [0, 0.1) is 5.82 Å². The van der Waals surface area contributed by atoms with E-state index in [4.69, 9.17) is 9.47 Å². The van der Waals surface area contributed by atoms with Gasteiger partial charge in [0.15, 0.2) is 5.82 Å². The second kappa shape index (κ2) is 10.0. The Morgan fingerprint density at radius 3 is 2.56 bits per heavy atom. The summed E-state index contributed by atoms with van der Waals surface area (Å²) >= 11 is 0. The van der Waals surface area contributed by atoms with Gasteiger partial charge in [0, 0.05) is 18.7 Å². The molecule has 0 saturated carbocycles. The first-order valence-electron chi connectivity index (χ1n) is 10.5. The molecule has 0 spiro atoms. The fourth-order valence-electron chi connectivity index (χ4n) is 3.39. The summed E-state index contributed by atoms with van der Waals surface area (Å²) in [4.78, 5) is 27.9. The van der Waals surface area contributed by atoms with Gasteiger partial charge in [0.2, 0.25) is 5.95 Å². The molecule has 8 nitrogen and oxygen atoms in total. The predicted octanol–water partition coefficient (Wildman–Crippen LogP) is 3.73. The molecule has 0 radical (unpaired) electrons. The molecule has 1 N–H and O–H groups in total. The van der Waals surface area contributed by atoms with Gasteiger partial charge in [-0.3, -0.25) is 4.79 Å². The SMILES string of the molecule is COc1nc(CNC(=O)c2cccc(Oc3ccc(F)cc3)c2)nc(N2CCCCC2)n1. The molecule has 166 valence electrons. The van der Waals surface area contributed by atoms with Crippen LogP contribution in [0.2, 0.25) is 0 Å². The van der Waals surface area contributed by atoms with Crippen molar-refractivity contribution < 1.29 is 18.7 Å². The van der Waals surface area contributed by atoms with Crippen LogP contribution in [-0.2, 0) is 6.54 Å². The minimum atomic E-state index is -0.344. The number of carbonyl (C=O) groups excluding carboxylic acids is 1. The van der Waals surface area contributed by atoms with Crippen LogP contribution in [0.25, 0.3) is 0 Å². The number of piperidine rings is 1. The maximum Gasteiger partial charge on any atom is 0.321 e. The van der Waals surface area contributed by atoms with E-state index in [0.717, 1.165) is 25.9 Å². The van der Waals surface area contributed by atoms with Crippen LogP contribution in [-0.4, -0.2) is 41.1 Å². The largest absolute Gasteiger partial charge is 0.467 e. The lowest BCUT2D eigenvalue weighted by atomic mass is 10.1. The number of benzene rings is 2. The van der Waals surface area contributed by atoms with Gasteiger partial charge in [-0.05, 0) is 61.7 Å². The van der Waals surface area contributed by atoms with Crippen molar-refractivity contribution in [3.8, 4) is 17.5 Å². The van der Waals surface area contributed by atoms with Crippen LogP contribution in [0.15, 0.2) is 48.5 Å². The van der Waals surface area contributed by atoms with Gasteiger partial charge in [-0.25, -0.2) is 4.39 Å². The first kappa shape index (κ1) is 21.5. The summed E-state index contributed by atoms with van der Waals surface area (Å²) in [5.41, 5.74) is 0.418. The number of hydrogen-bond acceptors (Lipinski definition) is 7. The summed E-state index contributed by atoms with van der Waals surface area (Å²) in [6.45, 7) is 1.90. The highest BCUT2D eigenvalue weighted by atomic mass is 19.1. The molecule has 1 fully saturated rings. The summed E-state index contributed by atoms with van der Waals surface area (Å²) in [7, 11) is 1.50. The molecule has 3 aromatic rings. The molecule has 2 aromatic carbocycles. The van der Waals surface area contributed by atoms with Crippen LogP contribution in [0.1, 0.15) is 35.4 Å². The molecule has 4 rings (SSSR count). The van der Waals surface area contributed by atoms with Gasteiger partial charge in [-0.1, -0.05) is 6.07 Å². The van der Waals surface area contributed by atoms with Gasteiger partial charge in [0.05, 0.1) is 13.7 Å². The smallest absolute Gasteiger partial charge is 0.321 e. The summed E-state index contributed by atoms with van der Waals surface area (Å²) in [6, 6.07) is 12.6. The Bertz CT molecular complexity index is 1070. The second-order valence-corrected chi connectivity index (χ2v) is 7.35. The molecule has 1 aromatic heterocycles. The van der Waals surface area contributed by atoms with Crippen molar-refractivity contribution in [2.45, 2.75) is 25.8 Å². The van der Waals surface area contributed by atoms with Crippen LogP contribution in [0.5, 0.6) is 17.5 Å². The maximum absolute atomic E-state index is 13.1. The van der Waals surface area contributed by atoms with Crippen molar-refractivity contribution in [2.24, 2.45) is 0 Å². The van der Waals surface area contributed by atoms with E-state index in [0.29, 0.717) is 28.8 Å². The number of carbonyl (C=O) groups is 1. The zero-order valence-electron chi connectivity index (χ0n) is 17.8. The lowest BCUT2D eigenvalue weighted by Gasteiger charge is -2.26. The lowest BCUT2D eigenvalue weighted by molar-refractivity contribution is 0.0949. The third-order valence-corrected chi connectivity index (χ3v) is 5.02. The number of aromatic nitrogens is 3. The molecule has 32 heavy (non-hydrogen) atoms. The number of rotatable bonds is 7. The van der Waals surface area contributed by atoms with E-state index in [9.17, 15) is 9.18 Å². The molecule has 0 aliphatic carbocycles. The van der Waals surface area contributed by atoms with Crippen LogP contribution >= 0.6 is 0 Å². The van der Waals surface area contributed by atoms with Crippen molar-refractivity contribution >= 4 is 11.9 Å². The van der Waals surface area contributed by atoms with Gasteiger partial charge < -0.3 is 19.7 Å². The van der Waals surface area contributed by atoms with E-state index in [1.807, 2.05) is 0 Å². The molecule has 0 unspecified atom stereocenters. The highest BCUT2D eigenvalue weighted by Crippen LogP contribution is 2.23. The molecular weight excluding hydrogens is 413 g/mol. The number of hydrogen-bond donors (Lipinski definition) is 1. The Morgan fingerprint density at radius 2 is 1.81 bits per heavy atom. The van der Waals surface area contributed by atoms with Gasteiger partial charge in [-0.15, -0.1) is 0 Å². The number of amides is 1. The molecule has 1 amide bonds. The van der Waals surface area contributed by atoms with Crippen molar-refractivity contribution in [3.63, 3.8) is 0 Å². The Labute approximate surface area is 185 Å². The van der Waals surface area contributed by atoms with Gasteiger partial charge in [0.25, 0.3) is 5.91 Å². The first-order chi connectivity index (χ1) is 15.6. The van der Waals surface area contributed by atoms with Crippen molar-refractivity contribution in [1.82, 2.24) is 20.3 Å². The van der Waals surface area contributed by atoms with Crippen molar-refractivity contribution in [3.05, 3.63) is 65.7 Å². The molecule has 1 aliphatic heterocycles. The molecule has 0 atom stereocenters. The first-order valence-corrected chi connectivity index (χ1v) is 10.5. The van der Waals surface area contributed by atoms with E-state index >= 15 is 0 Å².